The van der Waals surface area contributed by atoms with Gasteiger partial charge < -0.3 is 9.73 Å². The quantitative estimate of drug-likeness (QED) is 0.240. The Morgan fingerprint density at radius 2 is 1.54 bits per heavy atom. The van der Waals surface area contributed by atoms with Gasteiger partial charge in [-0.3, -0.25) is 10.1 Å². The number of carbonyl (C=O) groups excluding carboxylic acids is 1. The molecular formula is C27H17Cl2N3O2S. The molecular weight excluding hydrogens is 501 g/mol. The Morgan fingerprint density at radius 3 is 2.31 bits per heavy atom. The van der Waals surface area contributed by atoms with Gasteiger partial charge in [0.25, 0.3) is 5.91 Å². The van der Waals surface area contributed by atoms with Gasteiger partial charge in [-0.1, -0.05) is 65.7 Å². The number of anilines is 1. The number of amides is 1. The Labute approximate surface area is 216 Å². The number of thiocarbonyl (C=S) groups is 1. The van der Waals surface area contributed by atoms with E-state index in [4.69, 9.17) is 39.8 Å². The zero-order valence-corrected chi connectivity index (χ0v) is 20.4. The van der Waals surface area contributed by atoms with E-state index in [-0.39, 0.29) is 15.7 Å². The molecule has 1 aromatic heterocycles. The van der Waals surface area contributed by atoms with Gasteiger partial charge in [-0.05, 0) is 71.9 Å². The van der Waals surface area contributed by atoms with E-state index in [0.29, 0.717) is 27.7 Å². The number of rotatable bonds is 4. The summed E-state index contributed by atoms with van der Waals surface area (Å²) in [5.74, 6) is 0.0574. The number of nitrogens with zero attached hydrogens (tertiary/aromatic N) is 1. The molecule has 172 valence electrons. The summed E-state index contributed by atoms with van der Waals surface area (Å²) >= 11 is 17.3. The molecule has 0 saturated carbocycles. The van der Waals surface area contributed by atoms with E-state index in [2.05, 4.69) is 27.8 Å². The highest BCUT2D eigenvalue weighted by Crippen LogP contribution is 2.28. The predicted octanol–water partition coefficient (Wildman–Crippen LogP) is 7.60. The Balaban J connectivity index is 1.30. The van der Waals surface area contributed by atoms with Crippen LogP contribution in [0.15, 0.2) is 95.4 Å². The van der Waals surface area contributed by atoms with Crippen molar-refractivity contribution in [1.29, 1.82) is 0 Å². The second-order valence-electron chi connectivity index (χ2n) is 7.68. The average molecular weight is 518 g/mol. The number of oxazole rings is 1. The molecule has 5 aromatic rings. The largest absolute Gasteiger partial charge is 0.436 e. The number of benzene rings is 4. The van der Waals surface area contributed by atoms with Crippen molar-refractivity contribution in [2.75, 3.05) is 5.32 Å². The third-order valence-corrected chi connectivity index (χ3v) is 6.05. The van der Waals surface area contributed by atoms with Crippen LogP contribution in [0.5, 0.6) is 0 Å². The lowest BCUT2D eigenvalue weighted by Crippen LogP contribution is -2.34. The van der Waals surface area contributed by atoms with E-state index in [1.165, 1.54) is 6.07 Å². The minimum atomic E-state index is -0.459. The van der Waals surface area contributed by atoms with Crippen molar-refractivity contribution >= 4 is 63.2 Å². The van der Waals surface area contributed by atoms with E-state index in [0.717, 1.165) is 16.7 Å². The summed E-state index contributed by atoms with van der Waals surface area (Å²) in [6.45, 7) is 0. The molecule has 8 heteroatoms. The van der Waals surface area contributed by atoms with Gasteiger partial charge in [0.1, 0.15) is 5.52 Å². The molecule has 0 aliphatic rings. The second-order valence-corrected chi connectivity index (χ2v) is 8.93. The average Bonchev–Trinajstić information content (AvgIpc) is 3.29. The second kappa shape index (κ2) is 9.88. The molecule has 35 heavy (non-hydrogen) atoms. The van der Waals surface area contributed by atoms with Crippen LogP contribution in [0.1, 0.15) is 10.4 Å². The summed E-state index contributed by atoms with van der Waals surface area (Å²) in [5.41, 5.74) is 5.32. The monoisotopic (exact) mass is 517 g/mol. The van der Waals surface area contributed by atoms with Crippen molar-refractivity contribution in [1.82, 2.24) is 10.3 Å². The SMILES string of the molecule is O=C(NC(=S)Nc1ccc2oc(-c3ccc(-c4ccccc4)cc3)nc2c1)c1cc(Cl)ccc1Cl. The van der Waals surface area contributed by atoms with Crippen LogP contribution in [0.25, 0.3) is 33.7 Å². The summed E-state index contributed by atoms with van der Waals surface area (Å²) in [5, 5.41) is 6.39. The molecule has 0 saturated heterocycles. The lowest BCUT2D eigenvalue weighted by molar-refractivity contribution is 0.0978. The van der Waals surface area contributed by atoms with Crippen molar-refractivity contribution in [3.63, 3.8) is 0 Å². The van der Waals surface area contributed by atoms with Crippen LogP contribution in [-0.4, -0.2) is 16.0 Å². The molecule has 1 amide bonds. The minimum Gasteiger partial charge on any atom is -0.436 e. The third-order valence-electron chi connectivity index (χ3n) is 5.28. The first kappa shape index (κ1) is 23.1. The third kappa shape index (κ3) is 5.20. The van der Waals surface area contributed by atoms with Gasteiger partial charge in [0.2, 0.25) is 5.89 Å². The van der Waals surface area contributed by atoms with Crippen LogP contribution in [-0.2, 0) is 0 Å². The summed E-state index contributed by atoms with van der Waals surface area (Å²) in [6.07, 6.45) is 0. The van der Waals surface area contributed by atoms with Gasteiger partial charge in [-0.2, -0.15) is 0 Å². The predicted molar refractivity (Wildman–Crippen MR) is 145 cm³/mol. The fourth-order valence-electron chi connectivity index (χ4n) is 3.57. The maximum absolute atomic E-state index is 12.5. The van der Waals surface area contributed by atoms with Gasteiger partial charge in [0.05, 0.1) is 10.6 Å². The Bertz CT molecular complexity index is 1550. The van der Waals surface area contributed by atoms with Gasteiger partial charge in [-0.25, -0.2) is 4.98 Å². The number of aromatic nitrogens is 1. The summed E-state index contributed by atoms with van der Waals surface area (Å²) in [7, 11) is 0. The Morgan fingerprint density at radius 1 is 0.829 bits per heavy atom. The summed E-state index contributed by atoms with van der Waals surface area (Å²) < 4.78 is 5.94. The van der Waals surface area contributed by atoms with Crippen molar-refractivity contribution in [2.24, 2.45) is 0 Å². The van der Waals surface area contributed by atoms with Crippen LogP contribution in [0, 0.1) is 0 Å². The van der Waals surface area contributed by atoms with Gasteiger partial charge in [0.15, 0.2) is 10.7 Å². The van der Waals surface area contributed by atoms with E-state index < -0.39 is 5.91 Å². The molecule has 0 fully saturated rings. The Hall–Kier alpha value is -3.71. The van der Waals surface area contributed by atoms with Crippen LogP contribution in [0.4, 0.5) is 5.69 Å². The maximum Gasteiger partial charge on any atom is 0.258 e. The molecule has 0 aliphatic carbocycles. The molecule has 0 aliphatic heterocycles. The fourth-order valence-corrected chi connectivity index (χ4v) is 4.15. The number of hydrogen-bond acceptors (Lipinski definition) is 4. The lowest BCUT2D eigenvalue weighted by Gasteiger charge is -2.10. The first-order chi connectivity index (χ1) is 17.0. The van der Waals surface area contributed by atoms with Crippen molar-refractivity contribution < 1.29 is 9.21 Å². The van der Waals surface area contributed by atoms with Crippen LogP contribution in [0.2, 0.25) is 10.0 Å². The molecule has 5 rings (SSSR count). The van der Waals surface area contributed by atoms with Gasteiger partial charge >= 0.3 is 0 Å². The summed E-state index contributed by atoms with van der Waals surface area (Å²) in [6, 6.07) is 28.2. The van der Waals surface area contributed by atoms with Crippen LogP contribution < -0.4 is 10.6 Å². The minimum absolute atomic E-state index is 0.116. The van der Waals surface area contributed by atoms with E-state index in [9.17, 15) is 4.79 Å². The van der Waals surface area contributed by atoms with E-state index in [1.807, 2.05) is 42.5 Å². The molecule has 0 bridgehead atoms. The number of fused-ring (bicyclic) bond motifs is 1. The molecule has 0 spiro atoms. The molecule has 2 N–H and O–H groups in total. The molecule has 1 heterocycles. The molecule has 4 aromatic carbocycles. The lowest BCUT2D eigenvalue weighted by atomic mass is 10.0. The molecule has 5 nitrogen and oxygen atoms in total. The van der Waals surface area contributed by atoms with Crippen LogP contribution >= 0.6 is 35.4 Å². The highest BCUT2D eigenvalue weighted by molar-refractivity contribution is 7.80. The summed E-state index contributed by atoms with van der Waals surface area (Å²) in [4.78, 5) is 17.1. The van der Waals surface area contributed by atoms with E-state index in [1.54, 1.807) is 30.3 Å². The van der Waals surface area contributed by atoms with Crippen molar-refractivity contribution in [3.8, 4) is 22.6 Å². The zero-order chi connectivity index (χ0) is 24.4. The van der Waals surface area contributed by atoms with Gasteiger partial charge in [-0.15, -0.1) is 0 Å². The topological polar surface area (TPSA) is 67.2 Å². The first-order valence-electron chi connectivity index (χ1n) is 10.6. The molecule has 0 atom stereocenters. The highest BCUT2D eigenvalue weighted by atomic mass is 35.5. The first-order valence-corrected chi connectivity index (χ1v) is 11.8. The van der Waals surface area contributed by atoms with E-state index >= 15 is 0 Å². The smallest absolute Gasteiger partial charge is 0.258 e. The zero-order valence-electron chi connectivity index (χ0n) is 18.1. The normalized spacial score (nSPS) is 10.8. The highest BCUT2D eigenvalue weighted by Gasteiger charge is 2.14. The maximum atomic E-state index is 12.5. The fraction of sp³-hybridized carbons (Fsp3) is 0. The van der Waals surface area contributed by atoms with Crippen LogP contribution in [0.3, 0.4) is 0 Å². The van der Waals surface area contributed by atoms with Gasteiger partial charge in [0, 0.05) is 16.3 Å². The number of hydrogen-bond donors (Lipinski definition) is 2. The number of halogens is 2. The molecule has 0 radical (unpaired) electrons. The van der Waals surface area contributed by atoms with Crippen molar-refractivity contribution in [2.45, 2.75) is 0 Å². The van der Waals surface area contributed by atoms with Crippen molar-refractivity contribution in [3.05, 3.63) is 107 Å². The Kier molecular flexibility index (Phi) is 6.51. The number of carbonyl (C=O) groups is 1. The molecule has 0 unspecified atom stereocenters. The number of nitrogens with one attached hydrogen (secondary N) is 2. The standard InChI is InChI=1S/C27H17Cl2N3O2S/c28-19-10-12-22(29)21(14-19)25(33)32-27(35)30-20-11-13-24-23(15-20)31-26(34-24)18-8-6-17(7-9-18)16-4-2-1-3-5-16/h1-15H,(H2,30,32,33,35).